The van der Waals surface area contributed by atoms with Gasteiger partial charge in [-0.25, -0.2) is 4.68 Å². The van der Waals surface area contributed by atoms with Gasteiger partial charge in [0.05, 0.1) is 20.9 Å². The third-order valence-corrected chi connectivity index (χ3v) is 4.35. The van der Waals surface area contributed by atoms with Gasteiger partial charge in [0, 0.05) is 18.8 Å². The Bertz CT molecular complexity index is 563. The highest BCUT2D eigenvalue weighted by Crippen LogP contribution is 2.28. The Labute approximate surface area is 119 Å². The fourth-order valence-electron chi connectivity index (χ4n) is 1.80. The van der Waals surface area contributed by atoms with Gasteiger partial charge in [-0.2, -0.15) is 5.10 Å². The van der Waals surface area contributed by atoms with Crippen molar-refractivity contribution < 1.29 is 0 Å². The lowest BCUT2D eigenvalue weighted by Gasteiger charge is -2.05. The standard InChI is InChI=1S/C13H13BrClN3/c14-13-11(15)2-1-3-12(13)18-7-6-10(17-18)8-16-9-4-5-9/h1-3,6-7,9,16H,4-5,8H2. The molecule has 5 heteroatoms. The van der Waals surface area contributed by atoms with Crippen LogP contribution in [0.25, 0.3) is 5.69 Å². The smallest absolute Gasteiger partial charge is 0.0802 e. The molecule has 0 saturated heterocycles. The summed E-state index contributed by atoms with van der Waals surface area (Å²) in [6, 6.07) is 8.50. The summed E-state index contributed by atoms with van der Waals surface area (Å²) < 4.78 is 2.72. The predicted molar refractivity (Wildman–Crippen MR) is 76.1 cm³/mol. The summed E-state index contributed by atoms with van der Waals surface area (Å²) in [7, 11) is 0. The van der Waals surface area contributed by atoms with Crippen molar-refractivity contribution in [2.24, 2.45) is 0 Å². The van der Waals surface area contributed by atoms with E-state index in [2.05, 4.69) is 26.3 Å². The highest BCUT2D eigenvalue weighted by molar-refractivity contribution is 9.10. The summed E-state index contributed by atoms with van der Waals surface area (Å²) in [5.74, 6) is 0. The lowest BCUT2D eigenvalue weighted by molar-refractivity contribution is 0.664. The van der Waals surface area contributed by atoms with Gasteiger partial charge >= 0.3 is 0 Å². The molecular weight excluding hydrogens is 314 g/mol. The van der Waals surface area contributed by atoms with Crippen molar-refractivity contribution in [3.63, 3.8) is 0 Å². The van der Waals surface area contributed by atoms with Crippen LogP contribution in [0, 0.1) is 0 Å². The minimum Gasteiger partial charge on any atom is -0.308 e. The number of nitrogens with one attached hydrogen (secondary N) is 1. The maximum Gasteiger partial charge on any atom is 0.0802 e. The summed E-state index contributed by atoms with van der Waals surface area (Å²) in [6.45, 7) is 0.829. The SMILES string of the molecule is Clc1cccc(-n2ccc(CNC3CC3)n2)c1Br. The molecule has 0 bridgehead atoms. The molecule has 1 heterocycles. The number of benzene rings is 1. The van der Waals surface area contributed by atoms with Crippen LogP contribution in [-0.4, -0.2) is 15.8 Å². The van der Waals surface area contributed by atoms with Gasteiger partial charge in [-0.3, -0.25) is 0 Å². The van der Waals surface area contributed by atoms with Gasteiger partial charge in [0.15, 0.2) is 0 Å². The van der Waals surface area contributed by atoms with Crippen molar-refractivity contribution in [1.29, 1.82) is 0 Å². The van der Waals surface area contributed by atoms with Gasteiger partial charge < -0.3 is 5.32 Å². The Morgan fingerprint density at radius 3 is 3.00 bits per heavy atom. The molecule has 0 aliphatic heterocycles. The van der Waals surface area contributed by atoms with E-state index in [9.17, 15) is 0 Å². The first kappa shape index (κ1) is 12.2. The molecule has 1 aromatic heterocycles. The lowest BCUT2D eigenvalue weighted by Crippen LogP contribution is -2.15. The van der Waals surface area contributed by atoms with Crippen molar-refractivity contribution in [2.75, 3.05) is 0 Å². The van der Waals surface area contributed by atoms with E-state index in [1.165, 1.54) is 12.8 Å². The van der Waals surface area contributed by atoms with Crippen LogP contribution in [0.2, 0.25) is 5.02 Å². The molecule has 0 radical (unpaired) electrons. The minimum absolute atomic E-state index is 0.695. The molecule has 1 aromatic carbocycles. The normalized spacial score (nSPS) is 15.0. The average molecular weight is 327 g/mol. The van der Waals surface area contributed by atoms with Gasteiger partial charge in [0.1, 0.15) is 0 Å². The first-order valence-electron chi connectivity index (χ1n) is 5.96. The fourth-order valence-corrected chi connectivity index (χ4v) is 2.41. The number of aromatic nitrogens is 2. The number of nitrogens with zero attached hydrogens (tertiary/aromatic N) is 2. The van der Waals surface area contributed by atoms with Crippen LogP contribution in [0.3, 0.4) is 0 Å². The van der Waals surface area contributed by atoms with Crippen LogP contribution in [0.1, 0.15) is 18.5 Å². The molecule has 3 rings (SSSR count). The molecule has 0 unspecified atom stereocenters. The van der Waals surface area contributed by atoms with Gasteiger partial charge in [0.2, 0.25) is 0 Å². The van der Waals surface area contributed by atoms with E-state index in [-0.39, 0.29) is 0 Å². The third-order valence-electron chi connectivity index (χ3n) is 2.97. The molecule has 0 spiro atoms. The number of rotatable bonds is 4. The van der Waals surface area contributed by atoms with Crippen LogP contribution in [0.5, 0.6) is 0 Å². The summed E-state index contributed by atoms with van der Waals surface area (Å²) in [6.07, 6.45) is 4.54. The second kappa shape index (κ2) is 5.03. The van der Waals surface area contributed by atoms with E-state index in [1.54, 1.807) is 0 Å². The van der Waals surface area contributed by atoms with E-state index in [4.69, 9.17) is 11.6 Å². The van der Waals surface area contributed by atoms with E-state index >= 15 is 0 Å². The van der Waals surface area contributed by atoms with Crippen molar-refractivity contribution in [2.45, 2.75) is 25.4 Å². The van der Waals surface area contributed by atoms with E-state index in [0.717, 1.165) is 22.4 Å². The summed E-state index contributed by atoms with van der Waals surface area (Å²) in [4.78, 5) is 0. The summed E-state index contributed by atoms with van der Waals surface area (Å²) >= 11 is 9.57. The maximum atomic E-state index is 6.08. The van der Waals surface area contributed by atoms with Gasteiger partial charge in [-0.1, -0.05) is 17.7 Å². The summed E-state index contributed by atoms with van der Waals surface area (Å²) in [5, 5.41) is 8.69. The van der Waals surface area contributed by atoms with Gasteiger partial charge in [-0.15, -0.1) is 0 Å². The minimum atomic E-state index is 0.695. The zero-order valence-electron chi connectivity index (χ0n) is 9.74. The molecule has 2 aromatic rings. The fraction of sp³-hybridized carbons (Fsp3) is 0.308. The highest BCUT2D eigenvalue weighted by Gasteiger charge is 2.20. The molecule has 0 amide bonds. The second-order valence-corrected chi connectivity index (χ2v) is 5.68. The highest BCUT2D eigenvalue weighted by atomic mass is 79.9. The Balaban J connectivity index is 1.80. The molecule has 1 aliphatic carbocycles. The van der Waals surface area contributed by atoms with E-state index in [0.29, 0.717) is 11.1 Å². The molecule has 3 nitrogen and oxygen atoms in total. The Kier molecular flexibility index (Phi) is 3.41. The van der Waals surface area contributed by atoms with Crippen molar-refractivity contribution in [1.82, 2.24) is 15.1 Å². The van der Waals surface area contributed by atoms with E-state index in [1.807, 2.05) is 35.1 Å². The molecule has 1 fully saturated rings. The van der Waals surface area contributed by atoms with Crippen LogP contribution in [-0.2, 0) is 6.54 Å². The predicted octanol–water partition coefficient (Wildman–Crippen LogP) is 3.54. The van der Waals surface area contributed by atoms with Gasteiger partial charge in [0.25, 0.3) is 0 Å². The quantitative estimate of drug-likeness (QED) is 0.931. The average Bonchev–Trinajstić information content (AvgIpc) is 3.08. The van der Waals surface area contributed by atoms with Gasteiger partial charge in [-0.05, 0) is 47.0 Å². The maximum absolute atomic E-state index is 6.08. The number of hydrogen-bond acceptors (Lipinski definition) is 2. The Morgan fingerprint density at radius 1 is 1.39 bits per heavy atom. The largest absolute Gasteiger partial charge is 0.308 e. The van der Waals surface area contributed by atoms with Crippen LogP contribution < -0.4 is 5.32 Å². The second-order valence-electron chi connectivity index (χ2n) is 4.48. The molecule has 1 N–H and O–H groups in total. The Hall–Kier alpha value is -0.840. The molecule has 18 heavy (non-hydrogen) atoms. The van der Waals surface area contributed by atoms with Crippen molar-refractivity contribution in [3.8, 4) is 5.69 Å². The third kappa shape index (κ3) is 2.60. The zero-order chi connectivity index (χ0) is 12.5. The first-order valence-corrected chi connectivity index (χ1v) is 7.13. The van der Waals surface area contributed by atoms with Crippen LogP contribution >= 0.6 is 27.5 Å². The van der Waals surface area contributed by atoms with Crippen molar-refractivity contribution >= 4 is 27.5 Å². The summed E-state index contributed by atoms with van der Waals surface area (Å²) in [5.41, 5.74) is 2.01. The lowest BCUT2D eigenvalue weighted by atomic mass is 10.3. The van der Waals surface area contributed by atoms with Crippen LogP contribution in [0.4, 0.5) is 0 Å². The molecule has 1 saturated carbocycles. The monoisotopic (exact) mass is 325 g/mol. The number of halogens is 2. The molecule has 1 aliphatic rings. The molecular formula is C13H13BrClN3. The topological polar surface area (TPSA) is 29.9 Å². The first-order chi connectivity index (χ1) is 8.74. The molecule has 0 atom stereocenters. The Morgan fingerprint density at radius 2 is 2.22 bits per heavy atom. The zero-order valence-corrected chi connectivity index (χ0v) is 12.1. The van der Waals surface area contributed by atoms with Crippen LogP contribution in [0.15, 0.2) is 34.9 Å². The molecule has 94 valence electrons. The number of hydrogen-bond donors (Lipinski definition) is 1. The van der Waals surface area contributed by atoms with Crippen molar-refractivity contribution in [3.05, 3.63) is 45.7 Å². The van der Waals surface area contributed by atoms with E-state index < -0.39 is 0 Å².